The summed E-state index contributed by atoms with van der Waals surface area (Å²) in [6, 6.07) is 6.25. The lowest BCUT2D eigenvalue weighted by atomic mass is 10.1. The van der Waals surface area contributed by atoms with Crippen molar-refractivity contribution in [3.63, 3.8) is 0 Å². The minimum absolute atomic E-state index is 0.959. The minimum Gasteiger partial charge on any atom is -0.248 e. The molecule has 0 bridgehead atoms. The summed E-state index contributed by atoms with van der Waals surface area (Å²) in [6.07, 6.45) is 1.04. The molecule has 0 aliphatic heterocycles. The number of halogens is 1. The highest BCUT2D eigenvalue weighted by Gasteiger charge is 2.01. The summed E-state index contributed by atoms with van der Waals surface area (Å²) in [5.74, 6) is 0. The van der Waals surface area contributed by atoms with Gasteiger partial charge in [-0.2, -0.15) is 0 Å². The van der Waals surface area contributed by atoms with E-state index in [1.165, 1.54) is 5.56 Å². The molecule has 0 aliphatic rings. The van der Waals surface area contributed by atoms with Gasteiger partial charge in [0, 0.05) is 12.4 Å². The maximum absolute atomic E-state index is 4.02. The first-order valence-corrected chi connectivity index (χ1v) is 5.27. The quantitative estimate of drug-likeness (QED) is 0.750. The zero-order chi connectivity index (χ0) is 9.26. The SMILES string of the molecule is Cn1nnc2ccc(CCBr)cc21. The van der Waals surface area contributed by atoms with Gasteiger partial charge in [0.15, 0.2) is 0 Å². The van der Waals surface area contributed by atoms with E-state index in [2.05, 4.69) is 38.4 Å². The van der Waals surface area contributed by atoms with Crippen molar-refractivity contribution in [2.24, 2.45) is 7.05 Å². The van der Waals surface area contributed by atoms with Crippen molar-refractivity contribution in [3.8, 4) is 0 Å². The summed E-state index contributed by atoms with van der Waals surface area (Å²) in [6.45, 7) is 0. The lowest BCUT2D eigenvalue weighted by Crippen LogP contribution is -1.91. The van der Waals surface area contributed by atoms with Crippen LogP contribution >= 0.6 is 15.9 Å². The average Bonchev–Trinajstić information content (AvgIpc) is 2.49. The van der Waals surface area contributed by atoms with Crippen LogP contribution in [0.25, 0.3) is 11.0 Å². The minimum atomic E-state index is 0.959. The molecule has 1 aromatic carbocycles. The standard InChI is InChI=1S/C9H10BrN3/c1-13-9-6-7(4-5-10)2-3-8(9)11-12-13/h2-3,6H,4-5H2,1H3. The Morgan fingerprint density at radius 2 is 2.31 bits per heavy atom. The molecule has 2 aromatic rings. The van der Waals surface area contributed by atoms with E-state index < -0.39 is 0 Å². The highest BCUT2D eigenvalue weighted by atomic mass is 79.9. The van der Waals surface area contributed by atoms with Crippen LogP contribution in [0.2, 0.25) is 0 Å². The molecule has 0 atom stereocenters. The predicted octanol–water partition coefficient (Wildman–Crippen LogP) is 1.91. The second kappa shape index (κ2) is 3.46. The Morgan fingerprint density at radius 1 is 1.46 bits per heavy atom. The summed E-state index contributed by atoms with van der Waals surface area (Å²) in [7, 11) is 1.91. The molecular weight excluding hydrogens is 230 g/mol. The van der Waals surface area contributed by atoms with Crippen LogP contribution in [0.5, 0.6) is 0 Å². The number of aryl methyl sites for hydroxylation is 2. The van der Waals surface area contributed by atoms with E-state index in [1.54, 1.807) is 4.68 Å². The van der Waals surface area contributed by atoms with E-state index in [0.29, 0.717) is 0 Å². The molecule has 0 fully saturated rings. The summed E-state index contributed by atoms with van der Waals surface area (Å²) in [4.78, 5) is 0. The average molecular weight is 240 g/mol. The molecule has 0 aliphatic carbocycles. The number of hydrogen-bond acceptors (Lipinski definition) is 2. The molecule has 2 rings (SSSR count). The molecule has 1 heterocycles. The molecule has 0 spiro atoms. The fraction of sp³-hybridized carbons (Fsp3) is 0.333. The smallest absolute Gasteiger partial charge is 0.113 e. The Kier molecular flexibility index (Phi) is 2.31. The Labute approximate surface area is 84.9 Å². The predicted molar refractivity (Wildman–Crippen MR) is 56.0 cm³/mol. The highest BCUT2D eigenvalue weighted by Crippen LogP contribution is 2.13. The zero-order valence-corrected chi connectivity index (χ0v) is 8.95. The lowest BCUT2D eigenvalue weighted by Gasteiger charge is -1.97. The molecule has 0 amide bonds. The van der Waals surface area contributed by atoms with Gasteiger partial charge in [-0.15, -0.1) is 5.10 Å². The summed E-state index contributed by atoms with van der Waals surface area (Å²) in [5.41, 5.74) is 3.37. The molecule has 4 heteroatoms. The highest BCUT2D eigenvalue weighted by molar-refractivity contribution is 9.09. The van der Waals surface area contributed by atoms with E-state index in [-0.39, 0.29) is 0 Å². The van der Waals surface area contributed by atoms with Crippen LogP contribution in [0.3, 0.4) is 0 Å². The number of aromatic nitrogens is 3. The third kappa shape index (κ3) is 1.58. The van der Waals surface area contributed by atoms with Gasteiger partial charge < -0.3 is 0 Å². The maximum Gasteiger partial charge on any atom is 0.113 e. The van der Waals surface area contributed by atoms with Crippen molar-refractivity contribution < 1.29 is 0 Å². The number of alkyl halides is 1. The second-order valence-corrected chi connectivity index (χ2v) is 3.77. The van der Waals surface area contributed by atoms with Gasteiger partial charge in [-0.05, 0) is 24.1 Å². The van der Waals surface area contributed by atoms with Crippen molar-refractivity contribution >= 4 is 27.0 Å². The van der Waals surface area contributed by atoms with Gasteiger partial charge in [0.05, 0.1) is 5.52 Å². The van der Waals surface area contributed by atoms with Gasteiger partial charge in [-0.3, -0.25) is 0 Å². The summed E-state index contributed by atoms with van der Waals surface area (Å²) < 4.78 is 1.80. The molecule has 0 N–H and O–H groups in total. The van der Waals surface area contributed by atoms with Crippen LogP contribution in [0, 0.1) is 0 Å². The Balaban J connectivity index is 2.53. The van der Waals surface area contributed by atoms with Crippen LogP contribution in [0.15, 0.2) is 18.2 Å². The van der Waals surface area contributed by atoms with E-state index in [0.717, 1.165) is 22.8 Å². The number of fused-ring (bicyclic) bond motifs is 1. The van der Waals surface area contributed by atoms with Gasteiger partial charge in [0.1, 0.15) is 5.52 Å². The topological polar surface area (TPSA) is 30.7 Å². The van der Waals surface area contributed by atoms with Crippen LogP contribution in [-0.2, 0) is 13.5 Å². The fourth-order valence-corrected chi connectivity index (χ4v) is 1.80. The van der Waals surface area contributed by atoms with E-state index in [4.69, 9.17) is 0 Å². The van der Waals surface area contributed by atoms with E-state index in [9.17, 15) is 0 Å². The third-order valence-electron chi connectivity index (χ3n) is 2.06. The van der Waals surface area contributed by atoms with Crippen LogP contribution in [0.1, 0.15) is 5.56 Å². The molecule has 3 nitrogen and oxygen atoms in total. The molecule has 1 aromatic heterocycles. The zero-order valence-electron chi connectivity index (χ0n) is 7.37. The van der Waals surface area contributed by atoms with Gasteiger partial charge in [0.2, 0.25) is 0 Å². The molecular formula is C9H10BrN3. The van der Waals surface area contributed by atoms with Gasteiger partial charge >= 0.3 is 0 Å². The molecule has 0 radical (unpaired) electrons. The fourth-order valence-electron chi connectivity index (χ4n) is 1.34. The number of nitrogens with zero attached hydrogens (tertiary/aromatic N) is 3. The maximum atomic E-state index is 4.02. The first-order valence-electron chi connectivity index (χ1n) is 4.15. The van der Waals surface area contributed by atoms with Crippen molar-refractivity contribution in [2.45, 2.75) is 6.42 Å². The van der Waals surface area contributed by atoms with Crippen LogP contribution in [0.4, 0.5) is 0 Å². The lowest BCUT2D eigenvalue weighted by molar-refractivity contribution is 0.736. The third-order valence-corrected chi connectivity index (χ3v) is 2.45. The van der Waals surface area contributed by atoms with Crippen LogP contribution < -0.4 is 0 Å². The van der Waals surface area contributed by atoms with Gasteiger partial charge in [0.25, 0.3) is 0 Å². The first-order chi connectivity index (χ1) is 6.31. The number of hydrogen-bond donors (Lipinski definition) is 0. The Morgan fingerprint density at radius 3 is 3.08 bits per heavy atom. The van der Waals surface area contributed by atoms with Crippen molar-refractivity contribution in [1.82, 2.24) is 15.0 Å². The summed E-state index contributed by atoms with van der Waals surface area (Å²) in [5, 5.41) is 8.96. The van der Waals surface area contributed by atoms with Gasteiger partial charge in [-0.25, -0.2) is 4.68 Å². The monoisotopic (exact) mass is 239 g/mol. The van der Waals surface area contributed by atoms with Crippen molar-refractivity contribution in [1.29, 1.82) is 0 Å². The normalized spacial score (nSPS) is 10.9. The Hall–Kier alpha value is -0.900. The molecule has 0 unspecified atom stereocenters. The largest absolute Gasteiger partial charge is 0.248 e. The van der Waals surface area contributed by atoms with Gasteiger partial charge in [-0.1, -0.05) is 27.2 Å². The number of rotatable bonds is 2. The first kappa shape index (κ1) is 8.69. The van der Waals surface area contributed by atoms with Crippen LogP contribution in [-0.4, -0.2) is 20.3 Å². The molecule has 13 heavy (non-hydrogen) atoms. The molecule has 0 saturated carbocycles. The van der Waals surface area contributed by atoms with E-state index >= 15 is 0 Å². The van der Waals surface area contributed by atoms with Crippen molar-refractivity contribution in [2.75, 3.05) is 5.33 Å². The summed E-state index contributed by atoms with van der Waals surface area (Å²) >= 11 is 3.42. The van der Waals surface area contributed by atoms with Crippen molar-refractivity contribution in [3.05, 3.63) is 23.8 Å². The number of benzene rings is 1. The van der Waals surface area contributed by atoms with E-state index in [1.807, 2.05) is 13.1 Å². The second-order valence-electron chi connectivity index (χ2n) is 2.98. The molecule has 68 valence electrons. The Bertz CT molecular complexity index is 422. The molecule has 0 saturated heterocycles.